The number of rotatable bonds is 4. The van der Waals surface area contributed by atoms with Gasteiger partial charge in [0.25, 0.3) is 0 Å². The number of aromatic nitrogens is 3. The van der Waals surface area contributed by atoms with Crippen LogP contribution in [0.4, 0.5) is 0 Å². The van der Waals surface area contributed by atoms with Crippen molar-refractivity contribution in [1.29, 1.82) is 0 Å². The van der Waals surface area contributed by atoms with Gasteiger partial charge in [-0.05, 0) is 12.5 Å². The van der Waals surface area contributed by atoms with Crippen LogP contribution in [-0.4, -0.2) is 27.5 Å². The van der Waals surface area contributed by atoms with E-state index in [4.69, 9.17) is 4.74 Å². The molecule has 1 atom stereocenters. The summed E-state index contributed by atoms with van der Waals surface area (Å²) in [5.41, 5.74) is 1.41. The molecule has 3 rings (SSSR count). The molecule has 0 aliphatic heterocycles. The molecule has 0 bridgehead atoms. The lowest BCUT2D eigenvalue weighted by atomic mass is 10.00. The van der Waals surface area contributed by atoms with Crippen molar-refractivity contribution in [2.45, 2.75) is 12.8 Å². The molecule has 0 spiro atoms. The molecule has 0 saturated heterocycles. The van der Waals surface area contributed by atoms with E-state index in [9.17, 15) is 4.79 Å². The van der Waals surface area contributed by atoms with Gasteiger partial charge in [-0.1, -0.05) is 41.7 Å². The second-order valence-electron chi connectivity index (χ2n) is 4.33. The van der Waals surface area contributed by atoms with E-state index >= 15 is 0 Å². The molecule has 1 aromatic carbocycles. The lowest BCUT2D eigenvalue weighted by Gasteiger charge is -2.13. The van der Waals surface area contributed by atoms with Gasteiger partial charge in [0.1, 0.15) is 10.9 Å². The van der Waals surface area contributed by atoms with E-state index in [1.54, 1.807) is 19.3 Å². The molecule has 0 radical (unpaired) electrons. The smallest absolute Gasteiger partial charge is 0.320 e. The summed E-state index contributed by atoms with van der Waals surface area (Å²) in [5, 5.41) is 0.654. The predicted molar refractivity (Wildman–Crippen MR) is 80.1 cm³/mol. The van der Waals surface area contributed by atoms with Crippen molar-refractivity contribution in [3.63, 3.8) is 0 Å². The number of carbonyl (C=O) groups excluding carboxylic acids is 1. The Balaban J connectivity index is 2.08. The number of esters is 1. The van der Waals surface area contributed by atoms with Crippen molar-refractivity contribution in [2.24, 2.45) is 0 Å². The van der Waals surface area contributed by atoms with Crippen molar-refractivity contribution >= 4 is 27.8 Å². The highest BCUT2D eigenvalue weighted by Crippen LogP contribution is 2.31. The van der Waals surface area contributed by atoms with Crippen LogP contribution < -0.4 is 0 Å². The van der Waals surface area contributed by atoms with Gasteiger partial charge in [-0.3, -0.25) is 4.79 Å². The van der Waals surface area contributed by atoms with Gasteiger partial charge in [0.15, 0.2) is 10.5 Å². The summed E-state index contributed by atoms with van der Waals surface area (Å²) in [6.45, 7) is 2.13. The first-order chi connectivity index (χ1) is 10.3. The van der Waals surface area contributed by atoms with Gasteiger partial charge >= 0.3 is 5.97 Å². The minimum atomic E-state index is -0.535. The van der Waals surface area contributed by atoms with Crippen molar-refractivity contribution < 1.29 is 9.53 Å². The minimum Gasteiger partial charge on any atom is -0.465 e. The maximum Gasteiger partial charge on any atom is 0.320 e. The maximum absolute atomic E-state index is 12.3. The molecule has 0 N–H and O–H groups in total. The summed E-state index contributed by atoms with van der Waals surface area (Å²) < 4.78 is 5.20. The molecule has 5 nitrogen and oxygen atoms in total. The number of fused-ring (bicyclic) bond motifs is 1. The molecule has 0 fully saturated rings. The lowest BCUT2D eigenvalue weighted by molar-refractivity contribution is -0.143. The summed E-state index contributed by atoms with van der Waals surface area (Å²) in [7, 11) is 0. The normalized spacial score (nSPS) is 12.2. The molecular formula is C15H13N3O2S. The number of hydrogen-bond acceptors (Lipinski definition) is 6. The predicted octanol–water partition coefficient (Wildman–Crippen LogP) is 2.78. The average Bonchev–Trinajstić information content (AvgIpc) is 2.92. The summed E-state index contributed by atoms with van der Waals surface area (Å²) in [6, 6.07) is 9.49. The van der Waals surface area contributed by atoms with Gasteiger partial charge in [0.05, 0.1) is 6.61 Å². The summed E-state index contributed by atoms with van der Waals surface area (Å²) in [5.74, 6) is -0.838. The Morgan fingerprint density at radius 2 is 2.00 bits per heavy atom. The molecule has 0 aliphatic carbocycles. The molecular weight excluding hydrogens is 286 g/mol. The fourth-order valence-electron chi connectivity index (χ4n) is 2.07. The zero-order valence-corrected chi connectivity index (χ0v) is 12.2. The Bertz CT molecular complexity index is 725. The van der Waals surface area contributed by atoms with Crippen LogP contribution in [0.25, 0.3) is 10.5 Å². The summed E-state index contributed by atoms with van der Waals surface area (Å²) in [4.78, 5) is 25.9. The van der Waals surface area contributed by atoms with Crippen LogP contribution in [0.5, 0.6) is 0 Å². The highest BCUT2D eigenvalue weighted by Gasteiger charge is 2.27. The van der Waals surface area contributed by atoms with Crippen LogP contribution in [-0.2, 0) is 9.53 Å². The average molecular weight is 299 g/mol. The highest BCUT2D eigenvalue weighted by molar-refractivity contribution is 7.18. The summed E-state index contributed by atoms with van der Waals surface area (Å²) in [6.07, 6.45) is 3.21. The number of carbonyl (C=O) groups is 1. The van der Waals surface area contributed by atoms with Gasteiger partial charge in [-0.2, -0.15) is 0 Å². The molecule has 0 amide bonds. The van der Waals surface area contributed by atoms with Gasteiger partial charge in [-0.25, -0.2) is 15.0 Å². The van der Waals surface area contributed by atoms with E-state index in [2.05, 4.69) is 15.0 Å². The number of ether oxygens (including phenoxy) is 1. The lowest BCUT2D eigenvalue weighted by Crippen LogP contribution is -2.17. The fraction of sp³-hybridized carbons (Fsp3) is 0.200. The largest absolute Gasteiger partial charge is 0.465 e. The molecule has 2 aromatic heterocycles. The van der Waals surface area contributed by atoms with Crippen LogP contribution >= 0.6 is 11.3 Å². The van der Waals surface area contributed by atoms with Crippen LogP contribution in [0.2, 0.25) is 0 Å². The van der Waals surface area contributed by atoms with Crippen LogP contribution in [0.1, 0.15) is 23.4 Å². The fourth-order valence-corrected chi connectivity index (χ4v) is 3.05. The van der Waals surface area contributed by atoms with E-state index < -0.39 is 5.92 Å². The van der Waals surface area contributed by atoms with Crippen molar-refractivity contribution in [1.82, 2.24) is 15.0 Å². The molecule has 2 heterocycles. The Hall–Kier alpha value is -2.34. The second kappa shape index (κ2) is 5.97. The zero-order valence-electron chi connectivity index (χ0n) is 11.4. The first kappa shape index (κ1) is 13.6. The number of hydrogen-bond donors (Lipinski definition) is 0. The van der Waals surface area contributed by atoms with Gasteiger partial charge in [-0.15, -0.1) is 0 Å². The molecule has 21 heavy (non-hydrogen) atoms. The van der Waals surface area contributed by atoms with E-state index in [0.29, 0.717) is 17.3 Å². The van der Waals surface area contributed by atoms with Crippen molar-refractivity contribution in [3.8, 4) is 0 Å². The molecule has 0 aliphatic rings. The highest BCUT2D eigenvalue weighted by atomic mass is 32.1. The van der Waals surface area contributed by atoms with Gasteiger partial charge in [0, 0.05) is 12.4 Å². The van der Waals surface area contributed by atoms with E-state index in [0.717, 1.165) is 10.4 Å². The van der Waals surface area contributed by atoms with Crippen molar-refractivity contribution in [3.05, 3.63) is 53.3 Å². The zero-order chi connectivity index (χ0) is 14.7. The van der Waals surface area contributed by atoms with Crippen LogP contribution in [0.3, 0.4) is 0 Å². The Morgan fingerprint density at radius 1 is 1.24 bits per heavy atom. The van der Waals surface area contributed by atoms with E-state index in [1.165, 1.54) is 11.3 Å². The Kier molecular flexibility index (Phi) is 3.87. The third-order valence-electron chi connectivity index (χ3n) is 2.97. The summed E-state index contributed by atoms with van der Waals surface area (Å²) >= 11 is 1.37. The van der Waals surface area contributed by atoms with E-state index in [-0.39, 0.29) is 5.97 Å². The SMILES string of the molecule is CCOC(=O)C(c1ccccc1)c1nc2nccnc2s1. The minimum absolute atomic E-state index is 0.303. The molecule has 3 aromatic rings. The molecule has 6 heteroatoms. The molecule has 0 saturated carbocycles. The van der Waals surface area contributed by atoms with Crippen LogP contribution in [0.15, 0.2) is 42.7 Å². The topological polar surface area (TPSA) is 65.0 Å². The third kappa shape index (κ3) is 2.75. The number of thiazole rings is 1. The van der Waals surface area contributed by atoms with Crippen LogP contribution in [0, 0.1) is 0 Å². The first-order valence-electron chi connectivity index (χ1n) is 6.58. The van der Waals surface area contributed by atoms with E-state index in [1.807, 2.05) is 30.3 Å². The monoisotopic (exact) mass is 299 g/mol. The Labute approximate surface area is 125 Å². The van der Waals surface area contributed by atoms with Gasteiger partial charge < -0.3 is 4.74 Å². The quantitative estimate of drug-likeness (QED) is 0.693. The molecule has 1 unspecified atom stereocenters. The van der Waals surface area contributed by atoms with Gasteiger partial charge in [0.2, 0.25) is 0 Å². The maximum atomic E-state index is 12.3. The molecule has 106 valence electrons. The standard InChI is InChI=1S/C15H13N3O2S/c1-2-20-15(19)11(10-6-4-3-5-7-10)13-18-12-14(21-13)17-9-8-16-12/h3-9,11H,2H2,1H3. The van der Waals surface area contributed by atoms with Crippen molar-refractivity contribution in [2.75, 3.05) is 6.61 Å². The first-order valence-corrected chi connectivity index (χ1v) is 7.40. The number of benzene rings is 1. The number of nitrogens with zero attached hydrogens (tertiary/aromatic N) is 3. The third-order valence-corrected chi connectivity index (χ3v) is 3.98. The Morgan fingerprint density at radius 3 is 2.71 bits per heavy atom. The second-order valence-corrected chi connectivity index (χ2v) is 5.34.